The van der Waals surface area contributed by atoms with Gasteiger partial charge in [-0.1, -0.05) is 19.3 Å². The van der Waals surface area contributed by atoms with Crippen LogP contribution in [0.2, 0.25) is 0 Å². The Morgan fingerprint density at radius 1 is 1.06 bits per heavy atom. The lowest BCUT2D eigenvalue weighted by molar-refractivity contribution is 0.144. The molecule has 2 rings (SSSR count). The lowest BCUT2D eigenvalue weighted by Crippen LogP contribution is -2.32. The fourth-order valence-electron chi connectivity index (χ4n) is 2.22. The molecule has 1 aliphatic rings. The Kier molecular flexibility index (Phi) is 3.78. The van der Waals surface area contributed by atoms with Crippen LogP contribution in [0.5, 0.6) is 0 Å². The molecule has 2 unspecified atom stereocenters. The number of halogens is 1. The smallest absolute Gasteiger partial charge is 0.123 e. The van der Waals surface area contributed by atoms with Gasteiger partial charge < -0.3 is 10.4 Å². The summed E-state index contributed by atoms with van der Waals surface area (Å²) in [5.74, 6) is -0.230. The molecule has 0 aromatic heterocycles. The summed E-state index contributed by atoms with van der Waals surface area (Å²) in [6.07, 6.45) is 5.00. The lowest BCUT2D eigenvalue weighted by atomic mass is 10.1. The summed E-state index contributed by atoms with van der Waals surface area (Å²) in [7, 11) is 0. The van der Waals surface area contributed by atoms with Crippen LogP contribution in [0, 0.1) is 5.82 Å². The lowest BCUT2D eigenvalue weighted by Gasteiger charge is -2.22. The van der Waals surface area contributed by atoms with E-state index in [4.69, 9.17) is 0 Å². The first-order valence-electron chi connectivity index (χ1n) is 5.96. The van der Waals surface area contributed by atoms with Crippen molar-refractivity contribution in [3.8, 4) is 0 Å². The topological polar surface area (TPSA) is 32.3 Å². The molecule has 0 amide bonds. The molecule has 0 bridgehead atoms. The van der Waals surface area contributed by atoms with Crippen molar-refractivity contribution in [2.45, 2.75) is 44.2 Å². The molecule has 3 heteroatoms. The normalized spacial score (nSPS) is 26.1. The van der Waals surface area contributed by atoms with Crippen molar-refractivity contribution in [3.05, 3.63) is 30.1 Å². The first kappa shape index (κ1) is 11.4. The third-order valence-electron chi connectivity index (χ3n) is 3.18. The Bertz CT molecular complexity index is 325. The highest BCUT2D eigenvalue weighted by atomic mass is 19.1. The van der Waals surface area contributed by atoms with Crippen LogP contribution in [0.15, 0.2) is 24.3 Å². The Balaban J connectivity index is 1.99. The van der Waals surface area contributed by atoms with Crippen LogP contribution in [-0.4, -0.2) is 17.3 Å². The van der Waals surface area contributed by atoms with E-state index in [9.17, 15) is 9.50 Å². The summed E-state index contributed by atoms with van der Waals surface area (Å²) in [4.78, 5) is 0. The highest BCUT2D eigenvalue weighted by Gasteiger charge is 2.21. The fraction of sp³-hybridized carbons (Fsp3) is 0.538. The van der Waals surface area contributed by atoms with E-state index in [1.165, 1.54) is 18.6 Å². The summed E-state index contributed by atoms with van der Waals surface area (Å²) in [6, 6.07) is 6.41. The highest BCUT2D eigenvalue weighted by Crippen LogP contribution is 2.21. The van der Waals surface area contributed by atoms with Crippen molar-refractivity contribution < 1.29 is 9.50 Å². The quantitative estimate of drug-likeness (QED) is 0.755. The van der Waals surface area contributed by atoms with Gasteiger partial charge in [-0.15, -0.1) is 0 Å². The maximum Gasteiger partial charge on any atom is 0.123 e. The number of rotatable bonds is 2. The van der Waals surface area contributed by atoms with E-state index in [1.54, 1.807) is 12.1 Å². The molecule has 16 heavy (non-hydrogen) atoms. The van der Waals surface area contributed by atoms with Crippen LogP contribution in [0.1, 0.15) is 32.1 Å². The zero-order valence-corrected chi connectivity index (χ0v) is 9.32. The van der Waals surface area contributed by atoms with Gasteiger partial charge in [-0.2, -0.15) is 0 Å². The second kappa shape index (κ2) is 5.30. The molecule has 1 aromatic rings. The number of aliphatic hydroxyl groups excluding tert-OH is 1. The van der Waals surface area contributed by atoms with Gasteiger partial charge in [-0.05, 0) is 37.1 Å². The van der Waals surface area contributed by atoms with Gasteiger partial charge in [-0.3, -0.25) is 0 Å². The molecule has 1 saturated carbocycles. The highest BCUT2D eigenvalue weighted by molar-refractivity contribution is 5.44. The summed E-state index contributed by atoms with van der Waals surface area (Å²) in [5, 5.41) is 13.2. The summed E-state index contributed by atoms with van der Waals surface area (Å²) in [6.45, 7) is 0. The molecule has 1 aromatic carbocycles. The van der Waals surface area contributed by atoms with Gasteiger partial charge in [0.15, 0.2) is 0 Å². The van der Waals surface area contributed by atoms with E-state index in [0.717, 1.165) is 31.4 Å². The Labute approximate surface area is 95.5 Å². The molecular weight excluding hydrogens is 205 g/mol. The first-order chi connectivity index (χ1) is 7.75. The molecular formula is C13H18FNO. The average molecular weight is 223 g/mol. The van der Waals surface area contributed by atoms with E-state index >= 15 is 0 Å². The van der Waals surface area contributed by atoms with Crippen molar-refractivity contribution in [2.24, 2.45) is 0 Å². The number of benzene rings is 1. The number of nitrogens with one attached hydrogen (secondary N) is 1. The van der Waals surface area contributed by atoms with E-state index in [1.807, 2.05) is 0 Å². The van der Waals surface area contributed by atoms with Crippen molar-refractivity contribution in [1.82, 2.24) is 0 Å². The number of hydrogen-bond acceptors (Lipinski definition) is 2. The molecule has 1 aliphatic carbocycles. The molecule has 1 fully saturated rings. The largest absolute Gasteiger partial charge is 0.391 e. The summed E-state index contributed by atoms with van der Waals surface area (Å²) >= 11 is 0. The molecule has 2 nitrogen and oxygen atoms in total. The van der Waals surface area contributed by atoms with Crippen molar-refractivity contribution >= 4 is 5.69 Å². The monoisotopic (exact) mass is 223 g/mol. The second-order valence-corrected chi connectivity index (χ2v) is 4.46. The third kappa shape index (κ3) is 2.95. The van der Waals surface area contributed by atoms with Crippen LogP contribution in [-0.2, 0) is 0 Å². The molecule has 0 saturated heterocycles. The number of aliphatic hydroxyl groups is 1. The average Bonchev–Trinajstić information content (AvgIpc) is 2.48. The maximum atomic E-state index is 12.7. The van der Waals surface area contributed by atoms with Crippen LogP contribution < -0.4 is 5.32 Å². The van der Waals surface area contributed by atoms with Gasteiger partial charge in [0.05, 0.1) is 12.1 Å². The zero-order chi connectivity index (χ0) is 11.4. The van der Waals surface area contributed by atoms with Crippen LogP contribution >= 0.6 is 0 Å². The van der Waals surface area contributed by atoms with Crippen LogP contribution in [0.3, 0.4) is 0 Å². The van der Waals surface area contributed by atoms with Gasteiger partial charge in [0.25, 0.3) is 0 Å². The van der Waals surface area contributed by atoms with Crippen molar-refractivity contribution in [3.63, 3.8) is 0 Å². The third-order valence-corrected chi connectivity index (χ3v) is 3.18. The Hall–Kier alpha value is -1.09. The van der Waals surface area contributed by atoms with Gasteiger partial charge >= 0.3 is 0 Å². The molecule has 0 aliphatic heterocycles. The van der Waals surface area contributed by atoms with Crippen molar-refractivity contribution in [1.29, 1.82) is 0 Å². The van der Waals surface area contributed by atoms with Gasteiger partial charge in [-0.25, -0.2) is 4.39 Å². The molecule has 88 valence electrons. The summed E-state index contributed by atoms with van der Waals surface area (Å²) < 4.78 is 12.7. The standard InChI is InChI=1S/C13H18FNO/c14-10-6-8-11(9-7-10)15-12-4-2-1-3-5-13(12)16/h6-9,12-13,15-16H,1-5H2. The molecule has 0 heterocycles. The van der Waals surface area contributed by atoms with Crippen LogP contribution in [0.4, 0.5) is 10.1 Å². The minimum absolute atomic E-state index is 0.105. The summed E-state index contributed by atoms with van der Waals surface area (Å²) in [5.41, 5.74) is 0.882. The van der Waals surface area contributed by atoms with E-state index in [2.05, 4.69) is 5.32 Å². The van der Waals surface area contributed by atoms with Crippen LogP contribution in [0.25, 0.3) is 0 Å². The fourth-order valence-corrected chi connectivity index (χ4v) is 2.22. The minimum atomic E-state index is -0.285. The predicted molar refractivity (Wildman–Crippen MR) is 62.9 cm³/mol. The molecule has 2 atom stereocenters. The van der Waals surface area contributed by atoms with E-state index in [0.29, 0.717) is 0 Å². The molecule has 0 radical (unpaired) electrons. The zero-order valence-electron chi connectivity index (χ0n) is 9.32. The predicted octanol–water partition coefficient (Wildman–Crippen LogP) is 2.93. The van der Waals surface area contributed by atoms with Gasteiger partial charge in [0.2, 0.25) is 0 Å². The SMILES string of the molecule is OC1CCCCCC1Nc1ccc(F)cc1. The first-order valence-corrected chi connectivity index (χ1v) is 5.96. The van der Waals surface area contributed by atoms with E-state index < -0.39 is 0 Å². The molecule has 0 spiro atoms. The Morgan fingerprint density at radius 3 is 2.50 bits per heavy atom. The minimum Gasteiger partial charge on any atom is -0.391 e. The number of anilines is 1. The van der Waals surface area contributed by atoms with Crippen molar-refractivity contribution in [2.75, 3.05) is 5.32 Å². The Morgan fingerprint density at radius 2 is 1.75 bits per heavy atom. The second-order valence-electron chi connectivity index (χ2n) is 4.46. The van der Waals surface area contributed by atoms with Gasteiger partial charge in [0, 0.05) is 5.69 Å². The maximum absolute atomic E-state index is 12.7. The number of hydrogen-bond donors (Lipinski definition) is 2. The molecule has 2 N–H and O–H groups in total. The van der Waals surface area contributed by atoms with Gasteiger partial charge in [0.1, 0.15) is 5.82 Å². The van der Waals surface area contributed by atoms with E-state index in [-0.39, 0.29) is 18.0 Å².